The van der Waals surface area contributed by atoms with Crippen molar-refractivity contribution in [2.24, 2.45) is 0 Å². The first kappa shape index (κ1) is 25.7. The number of aromatic nitrogens is 1. The molecule has 0 aliphatic carbocycles. The first-order valence-corrected chi connectivity index (χ1v) is 12.3. The van der Waals surface area contributed by atoms with Gasteiger partial charge in [-0.05, 0) is 73.4 Å². The predicted octanol–water partition coefficient (Wildman–Crippen LogP) is 4.93. The van der Waals surface area contributed by atoms with Gasteiger partial charge in [0.05, 0.1) is 13.1 Å². The number of carbonyl (C=O) groups excluding carboxylic acids is 2. The number of hydrogen-bond acceptors (Lipinski definition) is 5. The van der Waals surface area contributed by atoms with Gasteiger partial charge < -0.3 is 19.9 Å². The number of anilines is 2. The van der Waals surface area contributed by atoms with E-state index in [-0.39, 0.29) is 18.4 Å². The summed E-state index contributed by atoms with van der Waals surface area (Å²) in [5, 5.41) is 2.91. The van der Waals surface area contributed by atoms with Gasteiger partial charge in [-0.1, -0.05) is 36.4 Å². The molecule has 0 bridgehead atoms. The smallest absolute Gasteiger partial charge is 0.246 e. The number of pyridine rings is 1. The molecule has 7 heteroatoms. The number of benzene rings is 2. The average Bonchev–Trinajstić information content (AvgIpc) is 2.90. The molecule has 7 nitrogen and oxygen atoms in total. The molecule has 3 aromatic rings. The monoisotopic (exact) mass is 496 g/mol. The zero-order valence-electron chi connectivity index (χ0n) is 21.5. The maximum Gasteiger partial charge on any atom is 0.246 e. The lowest BCUT2D eigenvalue weighted by atomic mass is 10.1. The molecule has 1 aliphatic rings. The molecular formula is C30H32N4O3. The van der Waals surface area contributed by atoms with Crippen molar-refractivity contribution in [1.29, 1.82) is 0 Å². The summed E-state index contributed by atoms with van der Waals surface area (Å²) in [6, 6.07) is 21.4. The molecule has 4 rings (SSSR count). The number of nitrogens with zero attached hydrogens (tertiary/aromatic N) is 3. The Morgan fingerprint density at radius 2 is 1.81 bits per heavy atom. The fourth-order valence-electron chi connectivity index (χ4n) is 3.97. The second-order valence-corrected chi connectivity index (χ2v) is 9.20. The first-order valence-electron chi connectivity index (χ1n) is 12.3. The number of amides is 2. The molecule has 0 radical (unpaired) electrons. The number of likely N-dealkylation sites (N-methyl/N-ethyl adjacent to an activating group) is 1. The summed E-state index contributed by atoms with van der Waals surface area (Å²) in [6.07, 6.45) is 5.67. The van der Waals surface area contributed by atoms with Gasteiger partial charge in [-0.25, -0.2) is 4.98 Å². The predicted molar refractivity (Wildman–Crippen MR) is 147 cm³/mol. The number of para-hydroxylation sites is 2. The van der Waals surface area contributed by atoms with Crippen LogP contribution in [0.2, 0.25) is 0 Å². The minimum absolute atomic E-state index is 0.106. The molecule has 0 saturated carbocycles. The van der Waals surface area contributed by atoms with Crippen LogP contribution in [0.25, 0.3) is 6.08 Å². The van der Waals surface area contributed by atoms with Crippen LogP contribution in [0.5, 0.6) is 5.75 Å². The van der Waals surface area contributed by atoms with Gasteiger partial charge in [0, 0.05) is 31.6 Å². The molecular weight excluding hydrogens is 464 g/mol. The number of ether oxygens (including phenoxy) is 1. The highest BCUT2D eigenvalue weighted by molar-refractivity contribution is 5.95. The highest BCUT2D eigenvalue weighted by Crippen LogP contribution is 2.22. The number of allylic oxidation sites excluding steroid dienone is 1. The van der Waals surface area contributed by atoms with Gasteiger partial charge >= 0.3 is 0 Å². The van der Waals surface area contributed by atoms with E-state index >= 15 is 0 Å². The van der Waals surface area contributed by atoms with Crippen molar-refractivity contribution in [2.45, 2.75) is 20.3 Å². The summed E-state index contributed by atoms with van der Waals surface area (Å²) in [4.78, 5) is 33.5. The normalized spacial score (nSPS) is 13.3. The Balaban J connectivity index is 1.42. The summed E-state index contributed by atoms with van der Waals surface area (Å²) in [5.41, 5.74) is 3.74. The maximum absolute atomic E-state index is 12.8. The molecule has 0 unspecified atom stereocenters. The van der Waals surface area contributed by atoms with E-state index in [4.69, 9.17) is 4.74 Å². The van der Waals surface area contributed by atoms with Gasteiger partial charge in [0.15, 0.2) is 0 Å². The molecule has 1 N–H and O–H groups in total. The summed E-state index contributed by atoms with van der Waals surface area (Å²) in [5.74, 6) is 1.79. The van der Waals surface area contributed by atoms with E-state index < -0.39 is 0 Å². The Kier molecular flexibility index (Phi) is 8.36. The van der Waals surface area contributed by atoms with E-state index in [1.807, 2.05) is 80.6 Å². The Morgan fingerprint density at radius 3 is 2.51 bits per heavy atom. The fraction of sp³-hybridized carbons (Fsp3) is 0.233. The van der Waals surface area contributed by atoms with Crippen molar-refractivity contribution in [2.75, 3.05) is 36.9 Å². The number of hydrogen-bond donors (Lipinski definition) is 1. The quantitative estimate of drug-likeness (QED) is 0.371. The van der Waals surface area contributed by atoms with Crippen LogP contribution < -0.4 is 15.0 Å². The third-order valence-corrected chi connectivity index (χ3v) is 6.07. The van der Waals surface area contributed by atoms with Crippen LogP contribution in [-0.4, -0.2) is 48.4 Å². The standard InChI is InChI=1S/C30H32N4O3/c1-22(2)27(37-26-12-8-5-9-13-26)20-33(3)29(36)15-14-23-18-24-16-17-34(25-10-6-4-7-11-25)21-28(35)32-30(24)31-19-23/h4-15,18-19H,16-17,20-21H2,1-3H3,(H,31,32,35)/b15-14+. The average molecular weight is 497 g/mol. The lowest BCUT2D eigenvalue weighted by Crippen LogP contribution is -2.37. The van der Waals surface area contributed by atoms with Crippen molar-refractivity contribution in [3.05, 3.63) is 101 Å². The van der Waals surface area contributed by atoms with Gasteiger partial charge in [0.2, 0.25) is 11.8 Å². The van der Waals surface area contributed by atoms with Gasteiger partial charge in [-0.2, -0.15) is 0 Å². The van der Waals surface area contributed by atoms with Gasteiger partial charge in [-0.15, -0.1) is 0 Å². The molecule has 1 aliphatic heterocycles. The number of fused-ring (bicyclic) bond motifs is 1. The van der Waals surface area contributed by atoms with Crippen LogP contribution in [0.3, 0.4) is 0 Å². The van der Waals surface area contributed by atoms with Crippen LogP contribution in [0.15, 0.2) is 90.3 Å². The zero-order chi connectivity index (χ0) is 26.2. The maximum atomic E-state index is 12.8. The summed E-state index contributed by atoms with van der Waals surface area (Å²) in [6.45, 7) is 5.24. The van der Waals surface area contributed by atoms with Crippen LogP contribution in [0.4, 0.5) is 11.5 Å². The minimum atomic E-state index is -0.147. The SMILES string of the molecule is CC(C)=C(CN(C)C(=O)/C=C/c1cnc2c(c1)CCN(c1ccccc1)CC(=O)N2)Oc1ccccc1. The van der Waals surface area contributed by atoms with E-state index in [1.165, 1.54) is 6.08 Å². The van der Waals surface area contributed by atoms with Gasteiger partial charge in [0.1, 0.15) is 17.3 Å². The van der Waals surface area contributed by atoms with Crippen LogP contribution >= 0.6 is 0 Å². The van der Waals surface area contributed by atoms with Crippen molar-refractivity contribution in [3.8, 4) is 5.75 Å². The number of carbonyl (C=O) groups is 2. The second-order valence-electron chi connectivity index (χ2n) is 9.20. The Bertz CT molecular complexity index is 1300. The third-order valence-electron chi connectivity index (χ3n) is 6.07. The molecule has 1 aromatic heterocycles. The minimum Gasteiger partial charge on any atom is -0.460 e. The van der Waals surface area contributed by atoms with Crippen molar-refractivity contribution in [3.63, 3.8) is 0 Å². The number of rotatable bonds is 7. The van der Waals surface area contributed by atoms with Crippen LogP contribution in [0.1, 0.15) is 25.0 Å². The molecule has 0 spiro atoms. The summed E-state index contributed by atoms with van der Waals surface area (Å²) >= 11 is 0. The molecule has 0 atom stereocenters. The first-order chi connectivity index (χ1) is 17.9. The van der Waals surface area contributed by atoms with Crippen LogP contribution in [0, 0.1) is 0 Å². The Morgan fingerprint density at radius 1 is 1.11 bits per heavy atom. The van der Waals surface area contributed by atoms with E-state index in [0.717, 1.165) is 33.9 Å². The molecule has 190 valence electrons. The second kappa shape index (κ2) is 12.0. The molecule has 0 fully saturated rings. The highest BCUT2D eigenvalue weighted by atomic mass is 16.5. The molecule has 0 saturated heterocycles. The van der Waals surface area contributed by atoms with E-state index in [2.05, 4.69) is 15.2 Å². The molecule has 2 heterocycles. The lowest BCUT2D eigenvalue weighted by Gasteiger charge is -2.27. The molecule has 2 amide bonds. The van der Waals surface area contributed by atoms with Crippen molar-refractivity contribution >= 4 is 29.4 Å². The van der Waals surface area contributed by atoms with Crippen LogP contribution in [-0.2, 0) is 16.0 Å². The zero-order valence-corrected chi connectivity index (χ0v) is 21.5. The summed E-state index contributed by atoms with van der Waals surface area (Å²) in [7, 11) is 1.75. The third kappa shape index (κ3) is 7.07. The number of nitrogens with one attached hydrogen (secondary N) is 1. The van der Waals surface area contributed by atoms with E-state index in [9.17, 15) is 9.59 Å². The Hall–Kier alpha value is -4.39. The Labute approximate surface area is 218 Å². The van der Waals surface area contributed by atoms with Gasteiger partial charge in [-0.3, -0.25) is 9.59 Å². The largest absolute Gasteiger partial charge is 0.460 e. The highest BCUT2D eigenvalue weighted by Gasteiger charge is 2.18. The van der Waals surface area contributed by atoms with Crippen molar-refractivity contribution < 1.29 is 14.3 Å². The summed E-state index contributed by atoms with van der Waals surface area (Å²) < 4.78 is 6.01. The molecule has 2 aromatic carbocycles. The topological polar surface area (TPSA) is 74.8 Å². The van der Waals surface area contributed by atoms with Gasteiger partial charge in [0.25, 0.3) is 0 Å². The van der Waals surface area contributed by atoms with Crippen molar-refractivity contribution in [1.82, 2.24) is 9.88 Å². The van der Waals surface area contributed by atoms with E-state index in [0.29, 0.717) is 25.3 Å². The van der Waals surface area contributed by atoms with E-state index in [1.54, 1.807) is 24.2 Å². The molecule has 37 heavy (non-hydrogen) atoms. The lowest BCUT2D eigenvalue weighted by molar-refractivity contribution is -0.124. The fourth-order valence-corrected chi connectivity index (χ4v) is 3.97.